The number of rotatable bonds is 4. The van der Waals surface area contributed by atoms with E-state index in [0.29, 0.717) is 15.7 Å². The Kier molecular flexibility index (Phi) is 4.13. The number of aromatic nitrogens is 1. The van der Waals surface area contributed by atoms with Crippen molar-refractivity contribution in [1.29, 1.82) is 0 Å². The minimum Gasteiger partial charge on any atom is -0.477 e. The number of carboxylic acid groups (broad SMARTS) is 1. The molecule has 1 N–H and O–H groups in total. The summed E-state index contributed by atoms with van der Waals surface area (Å²) in [7, 11) is 0. The average molecular weight is 353 g/mol. The van der Waals surface area contributed by atoms with Crippen LogP contribution in [0.15, 0.2) is 34.8 Å². The molecule has 0 atom stereocenters. The Hall–Kier alpha value is -2.15. The topological polar surface area (TPSA) is 85.4 Å². The van der Waals surface area contributed by atoms with Crippen LogP contribution in [0.25, 0.3) is 11.3 Å². The van der Waals surface area contributed by atoms with Gasteiger partial charge in [-0.3, -0.25) is 10.1 Å². The SMILES string of the molecule is CC(C)n1c(C(=O)O)ccc1-c1cc([N+](=O)[O-])ccc1Br. The van der Waals surface area contributed by atoms with Crippen molar-refractivity contribution in [2.75, 3.05) is 0 Å². The second-order valence-corrected chi connectivity index (χ2v) is 5.65. The molecule has 7 heteroatoms. The van der Waals surface area contributed by atoms with Crippen molar-refractivity contribution in [2.45, 2.75) is 19.9 Å². The van der Waals surface area contributed by atoms with E-state index >= 15 is 0 Å². The number of carbonyl (C=O) groups is 1. The summed E-state index contributed by atoms with van der Waals surface area (Å²) in [6.45, 7) is 3.72. The van der Waals surface area contributed by atoms with Gasteiger partial charge in [-0.25, -0.2) is 4.79 Å². The molecule has 1 aromatic heterocycles. The van der Waals surface area contributed by atoms with Crippen LogP contribution in [0.5, 0.6) is 0 Å². The first-order valence-electron chi connectivity index (χ1n) is 6.21. The van der Waals surface area contributed by atoms with E-state index in [1.807, 2.05) is 13.8 Å². The van der Waals surface area contributed by atoms with Gasteiger partial charge in [0.25, 0.3) is 5.69 Å². The van der Waals surface area contributed by atoms with Gasteiger partial charge in [-0.1, -0.05) is 15.9 Å². The highest BCUT2D eigenvalue weighted by Gasteiger charge is 2.20. The third-order valence-corrected chi connectivity index (χ3v) is 3.78. The minimum atomic E-state index is -1.03. The molecule has 0 saturated carbocycles. The van der Waals surface area contributed by atoms with Crippen LogP contribution >= 0.6 is 15.9 Å². The molecule has 2 aromatic rings. The average Bonchev–Trinajstić information content (AvgIpc) is 2.83. The Balaban J connectivity index is 2.70. The summed E-state index contributed by atoms with van der Waals surface area (Å²) >= 11 is 3.36. The van der Waals surface area contributed by atoms with Crippen molar-refractivity contribution in [3.8, 4) is 11.3 Å². The zero-order chi connectivity index (χ0) is 15.7. The predicted molar refractivity (Wildman–Crippen MR) is 81.6 cm³/mol. The lowest BCUT2D eigenvalue weighted by molar-refractivity contribution is -0.384. The Morgan fingerprint density at radius 2 is 2.00 bits per heavy atom. The number of halogens is 1. The Morgan fingerprint density at radius 1 is 1.33 bits per heavy atom. The number of hydrogen-bond donors (Lipinski definition) is 1. The summed E-state index contributed by atoms with van der Waals surface area (Å²) in [5, 5.41) is 20.2. The van der Waals surface area contributed by atoms with Crippen molar-refractivity contribution >= 4 is 27.6 Å². The monoisotopic (exact) mass is 352 g/mol. The van der Waals surface area contributed by atoms with Gasteiger partial charge in [0.2, 0.25) is 0 Å². The maximum atomic E-state index is 11.3. The van der Waals surface area contributed by atoms with E-state index in [2.05, 4.69) is 15.9 Å². The lowest BCUT2D eigenvalue weighted by atomic mass is 10.1. The Labute approximate surface area is 129 Å². The summed E-state index contributed by atoms with van der Waals surface area (Å²) < 4.78 is 2.32. The molecular formula is C14H13BrN2O4. The fourth-order valence-corrected chi connectivity index (χ4v) is 2.67. The van der Waals surface area contributed by atoms with Crippen LogP contribution in [0, 0.1) is 10.1 Å². The standard InChI is InChI=1S/C14H13BrN2O4/c1-8(2)16-12(5-6-13(16)14(18)19)10-7-9(17(20)21)3-4-11(10)15/h3-8H,1-2H3,(H,18,19). The van der Waals surface area contributed by atoms with E-state index in [9.17, 15) is 20.0 Å². The van der Waals surface area contributed by atoms with Gasteiger partial charge in [-0.2, -0.15) is 0 Å². The fourth-order valence-electron chi connectivity index (χ4n) is 2.22. The quantitative estimate of drug-likeness (QED) is 0.662. The van der Waals surface area contributed by atoms with E-state index in [4.69, 9.17) is 0 Å². The van der Waals surface area contributed by atoms with Gasteiger partial charge in [-0.15, -0.1) is 0 Å². The molecule has 110 valence electrons. The van der Waals surface area contributed by atoms with Crippen LogP contribution in [0.4, 0.5) is 5.69 Å². The molecule has 1 aromatic carbocycles. The van der Waals surface area contributed by atoms with E-state index in [0.717, 1.165) is 0 Å². The third kappa shape index (κ3) is 2.82. The molecule has 0 saturated heterocycles. The van der Waals surface area contributed by atoms with E-state index in [-0.39, 0.29) is 17.4 Å². The summed E-state index contributed by atoms with van der Waals surface area (Å²) in [6.07, 6.45) is 0. The molecule has 0 radical (unpaired) electrons. The molecule has 0 aliphatic carbocycles. The van der Waals surface area contributed by atoms with Crippen LogP contribution in [-0.2, 0) is 0 Å². The lowest BCUT2D eigenvalue weighted by Crippen LogP contribution is -2.11. The molecule has 0 fully saturated rings. The molecule has 0 unspecified atom stereocenters. The van der Waals surface area contributed by atoms with Gasteiger partial charge in [0.05, 0.1) is 10.6 Å². The molecule has 6 nitrogen and oxygen atoms in total. The highest BCUT2D eigenvalue weighted by Crippen LogP contribution is 2.34. The van der Waals surface area contributed by atoms with Gasteiger partial charge in [0, 0.05) is 28.2 Å². The zero-order valence-corrected chi connectivity index (χ0v) is 13.0. The van der Waals surface area contributed by atoms with Crippen LogP contribution in [0.1, 0.15) is 30.4 Å². The first-order valence-corrected chi connectivity index (χ1v) is 7.01. The zero-order valence-electron chi connectivity index (χ0n) is 11.4. The molecule has 0 amide bonds. The molecule has 21 heavy (non-hydrogen) atoms. The van der Waals surface area contributed by atoms with Crippen molar-refractivity contribution in [2.24, 2.45) is 0 Å². The number of aromatic carboxylic acids is 1. The molecule has 2 rings (SSSR count). The van der Waals surface area contributed by atoms with Crippen molar-refractivity contribution in [1.82, 2.24) is 4.57 Å². The highest BCUT2D eigenvalue weighted by molar-refractivity contribution is 9.10. The van der Waals surface area contributed by atoms with Gasteiger partial charge >= 0.3 is 5.97 Å². The largest absolute Gasteiger partial charge is 0.477 e. The fraction of sp³-hybridized carbons (Fsp3) is 0.214. The van der Waals surface area contributed by atoms with E-state index in [1.54, 1.807) is 16.7 Å². The minimum absolute atomic E-state index is 0.0402. The number of nitro groups is 1. The van der Waals surface area contributed by atoms with Crippen molar-refractivity contribution in [3.63, 3.8) is 0 Å². The number of carboxylic acids is 1. The molecule has 0 aliphatic heterocycles. The molecule has 1 heterocycles. The summed E-state index contributed by atoms with van der Waals surface area (Å²) in [5.41, 5.74) is 1.32. The first-order chi connectivity index (χ1) is 9.82. The van der Waals surface area contributed by atoms with Crippen LogP contribution in [-0.4, -0.2) is 20.6 Å². The van der Waals surface area contributed by atoms with E-state index in [1.165, 1.54) is 18.2 Å². The van der Waals surface area contributed by atoms with Crippen LogP contribution < -0.4 is 0 Å². The number of hydrogen-bond acceptors (Lipinski definition) is 3. The third-order valence-electron chi connectivity index (χ3n) is 3.09. The molecule has 0 spiro atoms. The normalized spacial score (nSPS) is 10.9. The number of nitro benzene ring substituents is 1. The Bertz CT molecular complexity index is 722. The van der Waals surface area contributed by atoms with Gasteiger partial charge < -0.3 is 9.67 Å². The summed E-state index contributed by atoms with van der Waals surface area (Å²) in [5.74, 6) is -1.03. The van der Waals surface area contributed by atoms with Crippen molar-refractivity contribution in [3.05, 3.63) is 50.6 Å². The second kappa shape index (κ2) is 5.69. The molecule has 0 bridgehead atoms. The first kappa shape index (κ1) is 15.2. The molecule has 0 aliphatic rings. The summed E-state index contributed by atoms with van der Waals surface area (Å²) in [4.78, 5) is 21.7. The number of non-ortho nitro benzene ring substituents is 1. The van der Waals surface area contributed by atoms with Crippen LogP contribution in [0.3, 0.4) is 0 Å². The number of benzene rings is 1. The Morgan fingerprint density at radius 3 is 2.52 bits per heavy atom. The maximum absolute atomic E-state index is 11.3. The second-order valence-electron chi connectivity index (χ2n) is 4.79. The van der Waals surface area contributed by atoms with Gasteiger partial charge in [0.1, 0.15) is 5.69 Å². The highest BCUT2D eigenvalue weighted by atomic mass is 79.9. The maximum Gasteiger partial charge on any atom is 0.352 e. The summed E-state index contributed by atoms with van der Waals surface area (Å²) in [6, 6.07) is 7.49. The van der Waals surface area contributed by atoms with Gasteiger partial charge in [0.15, 0.2) is 0 Å². The molecular weight excluding hydrogens is 340 g/mol. The van der Waals surface area contributed by atoms with Crippen LogP contribution in [0.2, 0.25) is 0 Å². The van der Waals surface area contributed by atoms with Gasteiger partial charge in [-0.05, 0) is 32.0 Å². The lowest BCUT2D eigenvalue weighted by Gasteiger charge is -2.16. The number of nitrogens with zero attached hydrogens (tertiary/aromatic N) is 2. The predicted octanol–water partition coefficient (Wildman–Crippen LogP) is 4.10. The van der Waals surface area contributed by atoms with E-state index < -0.39 is 10.9 Å². The van der Waals surface area contributed by atoms with Crippen molar-refractivity contribution < 1.29 is 14.8 Å². The smallest absolute Gasteiger partial charge is 0.352 e.